The highest BCUT2D eigenvalue weighted by atomic mass is 32.2. The summed E-state index contributed by atoms with van der Waals surface area (Å²) in [5, 5.41) is 28.2. The van der Waals surface area contributed by atoms with Gasteiger partial charge in [0.05, 0.1) is 12.7 Å². The molecule has 0 bridgehead atoms. The largest absolute Gasteiger partial charge is 0.481 e. The molecule has 6 heteroatoms. The Bertz CT molecular complexity index is 546. The van der Waals surface area contributed by atoms with Crippen molar-refractivity contribution in [1.29, 1.82) is 0 Å². The number of hydrogen-bond donors (Lipinski definition) is 3. The molecule has 0 aromatic rings. The number of thioether (sulfide) groups is 1. The van der Waals surface area contributed by atoms with Crippen molar-refractivity contribution in [2.75, 3.05) is 12.4 Å². The summed E-state index contributed by atoms with van der Waals surface area (Å²) in [4.78, 5) is 23.2. The fourth-order valence-electron chi connectivity index (χ4n) is 3.97. The second-order valence-electron chi connectivity index (χ2n) is 8.14. The highest BCUT2D eigenvalue weighted by molar-refractivity contribution is 8.00. The van der Waals surface area contributed by atoms with Gasteiger partial charge in [-0.05, 0) is 31.6 Å². The first-order valence-corrected chi connectivity index (χ1v) is 12.5. The molecule has 1 rings (SSSR count). The summed E-state index contributed by atoms with van der Waals surface area (Å²) >= 11 is 1.66. The minimum atomic E-state index is -0.752. The van der Waals surface area contributed by atoms with Gasteiger partial charge in [-0.25, -0.2) is 0 Å². The summed E-state index contributed by atoms with van der Waals surface area (Å²) in [7, 11) is 0. The van der Waals surface area contributed by atoms with Crippen molar-refractivity contribution in [3.8, 4) is 0 Å². The van der Waals surface area contributed by atoms with E-state index < -0.39 is 12.1 Å². The van der Waals surface area contributed by atoms with Crippen molar-refractivity contribution in [3.05, 3.63) is 24.3 Å². The second kappa shape index (κ2) is 16.6. The topological polar surface area (TPSA) is 94.8 Å². The van der Waals surface area contributed by atoms with Crippen LogP contribution in [0.1, 0.15) is 77.6 Å². The molecule has 0 heterocycles. The van der Waals surface area contributed by atoms with Gasteiger partial charge in [0.15, 0.2) is 0 Å². The predicted molar refractivity (Wildman–Crippen MR) is 124 cm³/mol. The summed E-state index contributed by atoms with van der Waals surface area (Å²) in [6.45, 7) is 2.26. The van der Waals surface area contributed by atoms with Gasteiger partial charge in [0, 0.05) is 29.8 Å². The van der Waals surface area contributed by atoms with Crippen LogP contribution in [0.2, 0.25) is 0 Å². The summed E-state index contributed by atoms with van der Waals surface area (Å²) in [5.41, 5.74) is 0. The summed E-state index contributed by atoms with van der Waals surface area (Å²) in [6, 6.07) is 0. The second-order valence-corrected chi connectivity index (χ2v) is 9.48. The Labute approximate surface area is 186 Å². The van der Waals surface area contributed by atoms with E-state index in [4.69, 9.17) is 5.11 Å². The Balaban J connectivity index is 2.56. The Morgan fingerprint density at radius 1 is 1.20 bits per heavy atom. The summed E-state index contributed by atoms with van der Waals surface area (Å²) in [5.74, 6) is 0.314. The van der Waals surface area contributed by atoms with Crippen LogP contribution in [0.3, 0.4) is 0 Å². The summed E-state index contributed by atoms with van der Waals surface area (Å²) in [6.07, 6.45) is 16.4. The van der Waals surface area contributed by atoms with Crippen molar-refractivity contribution in [2.45, 2.75) is 88.9 Å². The van der Waals surface area contributed by atoms with Gasteiger partial charge in [-0.15, -0.1) is 0 Å². The zero-order valence-electron chi connectivity index (χ0n) is 18.4. The Kier molecular flexibility index (Phi) is 14.9. The maximum Gasteiger partial charge on any atom is 0.303 e. The van der Waals surface area contributed by atoms with Crippen molar-refractivity contribution < 1.29 is 24.9 Å². The Morgan fingerprint density at radius 3 is 2.67 bits per heavy atom. The van der Waals surface area contributed by atoms with E-state index in [2.05, 4.69) is 13.0 Å². The highest BCUT2D eigenvalue weighted by Gasteiger charge is 2.40. The van der Waals surface area contributed by atoms with Crippen LogP contribution in [0.4, 0.5) is 0 Å². The average molecular weight is 441 g/mol. The van der Waals surface area contributed by atoms with Gasteiger partial charge in [0.25, 0.3) is 0 Å². The quantitative estimate of drug-likeness (QED) is 0.223. The third-order valence-corrected chi connectivity index (χ3v) is 6.93. The molecule has 0 aromatic carbocycles. The molecule has 1 aliphatic carbocycles. The normalized spacial score (nSPS) is 23.0. The number of carbonyl (C=O) groups excluding carboxylic acids is 1. The molecule has 0 spiro atoms. The molecule has 1 saturated carbocycles. The zero-order valence-corrected chi connectivity index (χ0v) is 19.2. The molecule has 4 atom stereocenters. The molecule has 172 valence electrons. The van der Waals surface area contributed by atoms with E-state index in [1.165, 1.54) is 0 Å². The van der Waals surface area contributed by atoms with Crippen LogP contribution >= 0.6 is 11.8 Å². The molecular weight excluding hydrogens is 400 g/mol. The van der Waals surface area contributed by atoms with Gasteiger partial charge in [-0.1, -0.05) is 63.3 Å². The van der Waals surface area contributed by atoms with Gasteiger partial charge in [-0.3, -0.25) is 9.59 Å². The number of carbonyl (C=O) groups is 2. The maximum absolute atomic E-state index is 12.6. The van der Waals surface area contributed by atoms with E-state index >= 15 is 0 Å². The van der Waals surface area contributed by atoms with Crippen LogP contribution in [-0.4, -0.2) is 50.8 Å². The van der Waals surface area contributed by atoms with E-state index in [9.17, 15) is 19.8 Å². The lowest BCUT2D eigenvalue weighted by Gasteiger charge is -2.20. The fraction of sp³-hybridized carbons (Fsp3) is 0.750. The first-order valence-electron chi connectivity index (χ1n) is 11.5. The Morgan fingerprint density at radius 2 is 1.97 bits per heavy atom. The number of ketones is 1. The van der Waals surface area contributed by atoms with Crippen molar-refractivity contribution >= 4 is 23.5 Å². The molecule has 30 heavy (non-hydrogen) atoms. The van der Waals surface area contributed by atoms with Crippen LogP contribution in [0.25, 0.3) is 0 Å². The standard InChI is InChI=1S/C24H40O5S/c1-2-3-4-7-11-19(26)12-10-14-21-20(13-8-5-6-9-15-24(28)29)22(27)18-23(21)30-17-16-25/h7,10-11,14,19-21,23,25-26H,2-6,8-9,12-13,15-18H2,1H3,(H,28,29)/t19?,20-,21-,23-/m1/s1. The van der Waals surface area contributed by atoms with Gasteiger partial charge < -0.3 is 15.3 Å². The molecule has 3 N–H and O–H groups in total. The molecule has 5 nitrogen and oxygen atoms in total. The molecule has 0 amide bonds. The smallest absolute Gasteiger partial charge is 0.303 e. The van der Waals surface area contributed by atoms with E-state index in [0.29, 0.717) is 30.8 Å². The van der Waals surface area contributed by atoms with E-state index in [1.54, 1.807) is 11.8 Å². The lowest BCUT2D eigenvalue weighted by atomic mass is 9.89. The third kappa shape index (κ3) is 11.3. The SMILES string of the molecule is CCCCC=CC(O)CC=C[C@H]1[C@H](SCCO)CC(=O)[C@@H]1CCCCCCC(=O)O. The van der Waals surface area contributed by atoms with Gasteiger partial charge >= 0.3 is 5.97 Å². The monoisotopic (exact) mass is 440 g/mol. The molecule has 1 unspecified atom stereocenters. The number of hydrogen-bond acceptors (Lipinski definition) is 5. The maximum atomic E-state index is 12.6. The minimum absolute atomic E-state index is 0.00541. The molecule has 0 aromatic heterocycles. The number of Topliss-reactive ketones (excluding diaryl/α,β-unsaturated/α-hetero) is 1. The number of carboxylic acids is 1. The van der Waals surface area contributed by atoms with Crippen molar-refractivity contribution in [2.24, 2.45) is 11.8 Å². The summed E-state index contributed by atoms with van der Waals surface area (Å²) < 4.78 is 0. The molecule has 0 radical (unpaired) electrons. The number of carboxylic acid groups (broad SMARTS) is 1. The molecular formula is C24H40O5S. The van der Waals surface area contributed by atoms with Gasteiger partial charge in [0.2, 0.25) is 0 Å². The first-order chi connectivity index (χ1) is 14.5. The molecule has 1 aliphatic rings. The van der Waals surface area contributed by atoms with E-state index in [1.807, 2.05) is 18.2 Å². The van der Waals surface area contributed by atoms with Crippen LogP contribution < -0.4 is 0 Å². The predicted octanol–water partition coefficient (Wildman–Crippen LogP) is 4.76. The number of unbranched alkanes of at least 4 members (excludes halogenated alkanes) is 5. The molecule has 0 aliphatic heterocycles. The van der Waals surface area contributed by atoms with Crippen LogP contribution in [0, 0.1) is 11.8 Å². The van der Waals surface area contributed by atoms with E-state index in [-0.39, 0.29) is 30.1 Å². The fourth-order valence-corrected chi connectivity index (χ4v) is 5.16. The van der Waals surface area contributed by atoms with Gasteiger partial charge in [0.1, 0.15) is 5.78 Å². The molecule has 0 saturated heterocycles. The first kappa shape index (κ1) is 26.9. The minimum Gasteiger partial charge on any atom is -0.481 e. The highest BCUT2D eigenvalue weighted by Crippen LogP contribution is 2.40. The number of allylic oxidation sites excluding steroid dienone is 2. The third-order valence-electron chi connectivity index (χ3n) is 5.61. The number of aliphatic carboxylic acids is 1. The lowest BCUT2D eigenvalue weighted by Crippen LogP contribution is -2.18. The van der Waals surface area contributed by atoms with Crippen LogP contribution in [-0.2, 0) is 9.59 Å². The average Bonchev–Trinajstić information content (AvgIpc) is 3.00. The van der Waals surface area contributed by atoms with Crippen LogP contribution in [0.15, 0.2) is 24.3 Å². The van der Waals surface area contributed by atoms with Crippen LogP contribution in [0.5, 0.6) is 0 Å². The lowest BCUT2D eigenvalue weighted by molar-refractivity contribution is -0.137. The number of aliphatic hydroxyl groups excluding tert-OH is 2. The number of rotatable bonds is 17. The van der Waals surface area contributed by atoms with Crippen molar-refractivity contribution in [1.82, 2.24) is 0 Å². The van der Waals surface area contributed by atoms with Crippen molar-refractivity contribution in [3.63, 3.8) is 0 Å². The zero-order chi connectivity index (χ0) is 22.2. The molecule has 1 fully saturated rings. The van der Waals surface area contributed by atoms with E-state index in [0.717, 1.165) is 44.9 Å². The Hall–Kier alpha value is -1.11. The number of aliphatic hydroxyl groups is 2. The van der Waals surface area contributed by atoms with Gasteiger partial charge in [-0.2, -0.15) is 11.8 Å².